The molecule has 7 nitrogen and oxygen atoms in total. The van der Waals surface area contributed by atoms with Gasteiger partial charge in [-0.15, -0.1) is 0 Å². The van der Waals surface area contributed by atoms with E-state index in [1.807, 2.05) is 0 Å². The van der Waals surface area contributed by atoms with Crippen LogP contribution in [0.5, 0.6) is 11.5 Å². The minimum Gasteiger partial charge on any atom is -0.450 e. The number of aryl methyl sites for hydroxylation is 1. The number of aromatic nitrogens is 3. The second-order valence-corrected chi connectivity index (χ2v) is 10.5. The van der Waals surface area contributed by atoms with E-state index in [0.29, 0.717) is 29.7 Å². The normalized spacial score (nSPS) is 13.8. The lowest BCUT2D eigenvalue weighted by molar-refractivity contribution is 0.435. The number of hydrogen-bond acceptors (Lipinski definition) is 6. The predicted molar refractivity (Wildman–Crippen MR) is 119 cm³/mol. The zero-order valence-electron chi connectivity index (χ0n) is 18.2. The zero-order chi connectivity index (χ0) is 23.8. The molecule has 2 heterocycles. The lowest BCUT2D eigenvalue weighted by Gasteiger charge is -2.14. The Morgan fingerprint density at radius 2 is 1.94 bits per heavy atom. The van der Waals surface area contributed by atoms with E-state index in [9.17, 15) is 22.0 Å². The molecule has 33 heavy (non-hydrogen) atoms. The highest BCUT2D eigenvalue weighted by Crippen LogP contribution is 2.34. The lowest BCUT2D eigenvalue weighted by atomic mass is 10.1. The number of pyridine rings is 1. The Hall–Kier alpha value is -3.14. The summed E-state index contributed by atoms with van der Waals surface area (Å²) in [6.45, 7) is 3.78. The molecule has 0 N–H and O–H groups in total. The summed E-state index contributed by atoms with van der Waals surface area (Å²) in [5.41, 5.74) is 1.07. The van der Waals surface area contributed by atoms with E-state index in [4.69, 9.17) is 4.74 Å². The number of hydrogen-bond donors (Lipinski definition) is 0. The number of ether oxygens (including phenoxy) is 1. The van der Waals surface area contributed by atoms with E-state index in [1.54, 1.807) is 23.8 Å². The van der Waals surface area contributed by atoms with Crippen LogP contribution in [0.4, 0.5) is 8.78 Å². The Morgan fingerprint density at radius 1 is 1.18 bits per heavy atom. The minimum atomic E-state index is -3.41. The fraction of sp³-hybridized carbons (Fsp3) is 0.348. The van der Waals surface area contributed by atoms with Gasteiger partial charge in [0, 0.05) is 35.7 Å². The first-order valence-corrected chi connectivity index (χ1v) is 12.4. The molecule has 1 aliphatic rings. The highest BCUT2D eigenvalue weighted by atomic mass is 32.2. The summed E-state index contributed by atoms with van der Waals surface area (Å²) in [6.07, 6.45) is 5.01. The van der Waals surface area contributed by atoms with E-state index >= 15 is 0 Å². The van der Waals surface area contributed by atoms with Crippen LogP contribution in [0.1, 0.15) is 31.2 Å². The van der Waals surface area contributed by atoms with Crippen LogP contribution in [0.2, 0.25) is 0 Å². The van der Waals surface area contributed by atoms with Crippen LogP contribution in [0.15, 0.2) is 41.5 Å². The summed E-state index contributed by atoms with van der Waals surface area (Å²) in [6, 6.07) is 4.52. The number of rotatable bonds is 8. The minimum absolute atomic E-state index is 0.0502. The van der Waals surface area contributed by atoms with Crippen molar-refractivity contribution in [1.29, 1.82) is 0 Å². The van der Waals surface area contributed by atoms with Crippen LogP contribution in [-0.2, 0) is 22.1 Å². The van der Waals surface area contributed by atoms with Gasteiger partial charge in [-0.2, -0.15) is 0 Å². The summed E-state index contributed by atoms with van der Waals surface area (Å²) in [4.78, 5) is 21.1. The van der Waals surface area contributed by atoms with Gasteiger partial charge < -0.3 is 9.30 Å². The van der Waals surface area contributed by atoms with Gasteiger partial charge in [0.05, 0.1) is 6.20 Å². The molecule has 0 spiro atoms. The molecule has 0 unspecified atom stereocenters. The third-order valence-corrected chi connectivity index (χ3v) is 6.98. The molecular formula is C23H23F2N3O4S. The summed E-state index contributed by atoms with van der Waals surface area (Å²) >= 11 is 0. The predicted octanol–water partition coefficient (Wildman–Crippen LogP) is 4.03. The topological polar surface area (TPSA) is 91.2 Å². The van der Waals surface area contributed by atoms with E-state index in [-0.39, 0.29) is 40.1 Å². The molecule has 2 aromatic heterocycles. The average Bonchev–Trinajstić information content (AvgIpc) is 3.58. The summed E-state index contributed by atoms with van der Waals surface area (Å²) in [5.74, 6) is -1.80. The summed E-state index contributed by atoms with van der Waals surface area (Å²) < 4.78 is 59.0. The highest BCUT2D eigenvalue weighted by molar-refractivity contribution is 7.90. The smallest absolute Gasteiger partial charge is 0.253 e. The van der Waals surface area contributed by atoms with Crippen molar-refractivity contribution in [3.63, 3.8) is 0 Å². The van der Waals surface area contributed by atoms with Crippen molar-refractivity contribution in [2.75, 3.05) is 5.75 Å². The van der Waals surface area contributed by atoms with Gasteiger partial charge in [-0.1, -0.05) is 6.92 Å². The molecule has 0 bridgehead atoms. The van der Waals surface area contributed by atoms with E-state index < -0.39 is 21.5 Å². The molecule has 1 saturated carbocycles. The second kappa shape index (κ2) is 9.01. The Labute approximate surface area is 190 Å². The van der Waals surface area contributed by atoms with Crippen molar-refractivity contribution in [3.8, 4) is 22.8 Å². The average molecular weight is 476 g/mol. The van der Waals surface area contributed by atoms with Crippen LogP contribution in [0.3, 0.4) is 0 Å². The van der Waals surface area contributed by atoms with E-state index in [2.05, 4.69) is 9.97 Å². The molecule has 0 atom stereocenters. The highest BCUT2D eigenvalue weighted by Gasteiger charge is 2.24. The Morgan fingerprint density at radius 3 is 2.61 bits per heavy atom. The summed E-state index contributed by atoms with van der Waals surface area (Å²) in [7, 11) is -3.41. The molecule has 1 aliphatic carbocycles. The van der Waals surface area contributed by atoms with Crippen LogP contribution >= 0.6 is 0 Å². The molecule has 1 fully saturated rings. The molecule has 3 aromatic rings. The molecular weight excluding hydrogens is 452 g/mol. The van der Waals surface area contributed by atoms with Crippen molar-refractivity contribution < 1.29 is 21.9 Å². The van der Waals surface area contributed by atoms with Crippen molar-refractivity contribution in [3.05, 3.63) is 70.0 Å². The number of halogens is 2. The molecule has 174 valence electrons. The monoisotopic (exact) mass is 475 g/mol. The fourth-order valence-corrected chi connectivity index (χ4v) is 4.10. The molecule has 0 aliphatic heterocycles. The van der Waals surface area contributed by atoms with Crippen LogP contribution in [-0.4, -0.2) is 28.7 Å². The van der Waals surface area contributed by atoms with Gasteiger partial charge in [-0.05, 0) is 43.9 Å². The molecule has 4 rings (SSSR count). The van der Waals surface area contributed by atoms with Crippen molar-refractivity contribution in [1.82, 2.24) is 14.5 Å². The molecule has 1 aromatic carbocycles. The molecule has 0 amide bonds. The largest absolute Gasteiger partial charge is 0.450 e. The number of sulfone groups is 1. The fourth-order valence-electron chi connectivity index (χ4n) is 3.36. The van der Waals surface area contributed by atoms with E-state index in [1.165, 1.54) is 13.1 Å². The third-order valence-electron chi connectivity index (χ3n) is 5.40. The van der Waals surface area contributed by atoms with Crippen molar-refractivity contribution >= 4 is 9.84 Å². The Kier molecular flexibility index (Phi) is 6.29. The van der Waals surface area contributed by atoms with Gasteiger partial charge in [0.1, 0.15) is 23.1 Å². The first-order chi connectivity index (χ1) is 15.6. The van der Waals surface area contributed by atoms with Crippen molar-refractivity contribution in [2.45, 2.75) is 39.0 Å². The second-order valence-electron chi connectivity index (χ2n) is 8.17. The Bertz CT molecular complexity index is 1370. The third kappa shape index (κ3) is 5.44. The van der Waals surface area contributed by atoms with E-state index in [0.717, 1.165) is 25.0 Å². The lowest BCUT2D eigenvalue weighted by Crippen LogP contribution is -2.23. The van der Waals surface area contributed by atoms with Gasteiger partial charge >= 0.3 is 0 Å². The first kappa shape index (κ1) is 23.0. The Balaban J connectivity index is 1.82. The zero-order valence-corrected chi connectivity index (χ0v) is 19.0. The maximum Gasteiger partial charge on any atom is 0.253 e. The maximum atomic E-state index is 14.2. The quantitative estimate of drug-likeness (QED) is 0.489. The molecule has 10 heteroatoms. The number of nitrogens with zero attached hydrogens (tertiary/aromatic N) is 3. The van der Waals surface area contributed by atoms with Gasteiger partial charge in [-0.3, -0.25) is 4.79 Å². The SMILES string of the molecule is CCS(=O)(=O)Cc1ncc(Oc2ccc(F)cc2F)c(-c2cc(C)c(=O)n(CC3CC3)c2)n1. The van der Waals surface area contributed by atoms with Crippen molar-refractivity contribution in [2.24, 2.45) is 5.92 Å². The van der Waals surface area contributed by atoms with Crippen LogP contribution in [0.25, 0.3) is 11.3 Å². The molecule has 0 saturated heterocycles. The maximum absolute atomic E-state index is 14.2. The summed E-state index contributed by atoms with van der Waals surface area (Å²) in [5, 5.41) is 0. The van der Waals surface area contributed by atoms with Gasteiger partial charge in [-0.25, -0.2) is 27.2 Å². The first-order valence-electron chi connectivity index (χ1n) is 10.6. The van der Waals surface area contributed by atoms with Gasteiger partial charge in [0.25, 0.3) is 5.56 Å². The van der Waals surface area contributed by atoms with Crippen LogP contribution < -0.4 is 10.3 Å². The van der Waals surface area contributed by atoms with Gasteiger partial charge in [0.15, 0.2) is 27.2 Å². The molecule has 0 radical (unpaired) electrons. The van der Waals surface area contributed by atoms with Gasteiger partial charge in [0.2, 0.25) is 0 Å². The standard InChI is InChI=1S/C23H23F2N3O4S/c1-3-33(30,31)13-21-26-10-20(32-19-7-6-17(24)9-18(19)25)22(27-21)16-8-14(2)23(29)28(12-16)11-15-4-5-15/h6-10,12,15H,3-5,11,13H2,1-2H3. The van der Waals surface area contributed by atoms with Crippen LogP contribution in [0, 0.1) is 24.5 Å². The number of benzene rings is 1.